The van der Waals surface area contributed by atoms with Gasteiger partial charge in [0.05, 0.1) is 17.2 Å². The highest BCUT2D eigenvalue weighted by Crippen LogP contribution is 2.39. The van der Waals surface area contributed by atoms with E-state index in [1.807, 2.05) is 5.51 Å². The van der Waals surface area contributed by atoms with Gasteiger partial charge >= 0.3 is 0 Å². The summed E-state index contributed by atoms with van der Waals surface area (Å²) in [7, 11) is 0. The first kappa shape index (κ1) is 14.0. The van der Waals surface area contributed by atoms with Crippen LogP contribution in [0.2, 0.25) is 0 Å². The predicted molar refractivity (Wildman–Crippen MR) is 78.8 cm³/mol. The number of rotatable bonds is 5. The summed E-state index contributed by atoms with van der Waals surface area (Å²) in [4.78, 5) is 4.55. The zero-order valence-electron chi connectivity index (χ0n) is 11.9. The van der Waals surface area contributed by atoms with Crippen LogP contribution < -0.4 is 5.32 Å². The van der Waals surface area contributed by atoms with Gasteiger partial charge in [-0.2, -0.15) is 0 Å². The first-order chi connectivity index (χ1) is 8.70. The third kappa shape index (κ3) is 3.55. The number of nitrogens with one attached hydrogen (secondary N) is 1. The number of aromatic nitrogens is 1. The standard InChI is InChI=1S/C15H26N2S/c1-4-5-16-15(14-9-18-10-17-14)13-7-11(2)6-12(3)8-13/h9-13,15-16H,4-8H2,1-3H3. The van der Waals surface area contributed by atoms with Gasteiger partial charge in [0.15, 0.2) is 0 Å². The topological polar surface area (TPSA) is 24.9 Å². The van der Waals surface area contributed by atoms with E-state index < -0.39 is 0 Å². The van der Waals surface area contributed by atoms with Crippen molar-refractivity contribution in [1.82, 2.24) is 10.3 Å². The Morgan fingerprint density at radius 2 is 2.06 bits per heavy atom. The smallest absolute Gasteiger partial charge is 0.0795 e. The average Bonchev–Trinajstić information content (AvgIpc) is 2.82. The van der Waals surface area contributed by atoms with Gasteiger partial charge in [-0.15, -0.1) is 11.3 Å². The molecule has 1 aromatic rings. The molecule has 0 bridgehead atoms. The highest BCUT2D eigenvalue weighted by molar-refractivity contribution is 7.07. The fraction of sp³-hybridized carbons (Fsp3) is 0.800. The molecule has 1 aliphatic carbocycles. The minimum atomic E-state index is 0.474. The normalized spacial score (nSPS) is 30.3. The molecule has 3 atom stereocenters. The summed E-state index contributed by atoms with van der Waals surface area (Å²) < 4.78 is 0. The van der Waals surface area contributed by atoms with Crippen LogP contribution in [0, 0.1) is 17.8 Å². The first-order valence-corrected chi connectivity index (χ1v) is 8.26. The lowest BCUT2D eigenvalue weighted by molar-refractivity contribution is 0.175. The van der Waals surface area contributed by atoms with E-state index in [9.17, 15) is 0 Å². The van der Waals surface area contributed by atoms with Gasteiger partial charge in [0, 0.05) is 5.38 Å². The molecular formula is C15H26N2S. The third-order valence-electron chi connectivity index (χ3n) is 4.07. The Balaban J connectivity index is 2.07. The van der Waals surface area contributed by atoms with Gasteiger partial charge in [-0.1, -0.05) is 20.8 Å². The van der Waals surface area contributed by atoms with E-state index in [0.29, 0.717) is 6.04 Å². The SMILES string of the molecule is CCCNC(c1cscn1)C1CC(C)CC(C)C1. The molecule has 2 rings (SSSR count). The molecule has 1 aliphatic rings. The van der Waals surface area contributed by atoms with Crippen LogP contribution in [0.15, 0.2) is 10.9 Å². The Labute approximate surface area is 115 Å². The second kappa shape index (κ2) is 6.67. The molecule has 102 valence electrons. The van der Waals surface area contributed by atoms with E-state index in [-0.39, 0.29) is 0 Å². The molecule has 2 nitrogen and oxygen atoms in total. The largest absolute Gasteiger partial charge is 0.308 e. The molecular weight excluding hydrogens is 240 g/mol. The van der Waals surface area contributed by atoms with Gasteiger partial charge < -0.3 is 5.32 Å². The lowest BCUT2D eigenvalue weighted by Crippen LogP contribution is -2.34. The third-order valence-corrected chi connectivity index (χ3v) is 4.68. The molecule has 0 radical (unpaired) electrons. The van der Waals surface area contributed by atoms with E-state index in [2.05, 4.69) is 36.5 Å². The minimum absolute atomic E-state index is 0.474. The summed E-state index contributed by atoms with van der Waals surface area (Å²) in [5.41, 5.74) is 3.23. The van der Waals surface area contributed by atoms with E-state index in [1.54, 1.807) is 11.3 Å². The van der Waals surface area contributed by atoms with Crippen molar-refractivity contribution < 1.29 is 0 Å². The first-order valence-electron chi connectivity index (χ1n) is 7.32. The van der Waals surface area contributed by atoms with Crippen LogP contribution in [-0.2, 0) is 0 Å². The lowest BCUT2D eigenvalue weighted by Gasteiger charge is -2.36. The summed E-state index contributed by atoms with van der Waals surface area (Å²) >= 11 is 1.72. The molecule has 18 heavy (non-hydrogen) atoms. The maximum Gasteiger partial charge on any atom is 0.0795 e. The minimum Gasteiger partial charge on any atom is -0.308 e. The van der Waals surface area contributed by atoms with Gasteiger partial charge in [0.1, 0.15) is 0 Å². The van der Waals surface area contributed by atoms with Crippen molar-refractivity contribution in [1.29, 1.82) is 0 Å². The molecule has 1 N–H and O–H groups in total. The summed E-state index contributed by atoms with van der Waals surface area (Å²) in [5.74, 6) is 2.49. The summed E-state index contributed by atoms with van der Waals surface area (Å²) in [6.45, 7) is 8.14. The van der Waals surface area contributed by atoms with Crippen molar-refractivity contribution in [2.75, 3.05) is 6.54 Å². The van der Waals surface area contributed by atoms with Gasteiger partial charge in [-0.3, -0.25) is 0 Å². The van der Waals surface area contributed by atoms with E-state index in [1.165, 1.54) is 31.4 Å². The Bertz CT molecular complexity index is 326. The summed E-state index contributed by atoms with van der Waals surface area (Å²) in [6.07, 6.45) is 5.29. The number of nitrogens with zero attached hydrogens (tertiary/aromatic N) is 1. The van der Waals surface area contributed by atoms with Crippen molar-refractivity contribution in [2.24, 2.45) is 17.8 Å². The zero-order valence-corrected chi connectivity index (χ0v) is 12.7. The van der Waals surface area contributed by atoms with Crippen LogP contribution in [0.3, 0.4) is 0 Å². The quantitative estimate of drug-likeness (QED) is 0.861. The summed E-state index contributed by atoms with van der Waals surface area (Å²) in [6, 6.07) is 0.474. The maximum atomic E-state index is 4.55. The van der Waals surface area contributed by atoms with Gasteiger partial charge in [0.25, 0.3) is 0 Å². The van der Waals surface area contributed by atoms with Crippen LogP contribution in [0.25, 0.3) is 0 Å². The molecule has 0 amide bonds. The second-order valence-corrected chi connectivity index (χ2v) is 6.74. The molecule has 0 saturated heterocycles. The molecule has 3 unspecified atom stereocenters. The van der Waals surface area contributed by atoms with Crippen molar-refractivity contribution >= 4 is 11.3 Å². The lowest BCUT2D eigenvalue weighted by atomic mass is 9.73. The molecule has 1 fully saturated rings. The zero-order chi connectivity index (χ0) is 13.0. The van der Waals surface area contributed by atoms with Crippen molar-refractivity contribution in [3.63, 3.8) is 0 Å². The molecule has 1 heterocycles. The number of hydrogen-bond donors (Lipinski definition) is 1. The van der Waals surface area contributed by atoms with Gasteiger partial charge in [-0.05, 0) is 50.0 Å². The van der Waals surface area contributed by atoms with Crippen molar-refractivity contribution in [3.8, 4) is 0 Å². The van der Waals surface area contributed by atoms with E-state index in [0.717, 1.165) is 24.3 Å². The van der Waals surface area contributed by atoms with E-state index >= 15 is 0 Å². The molecule has 0 aliphatic heterocycles. The monoisotopic (exact) mass is 266 g/mol. The van der Waals surface area contributed by atoms with Crippen LogP contribution in [0.5, 0.6) is 0 Å². The Morgan fingerprint density at radius 3 is 2.61 bits per heavy atom. The highest BCUT2D eigenvalue weighted by Gasteiger charge is 2.31. The van der Waals surface area contributed by atoms with Crippen LogP contribution >= 0.6 is 11.3 Å². The Hall–Kier alpha value is -0.410. The van der Waals surface area contributed by atoms with Crippen molar-refractivity contribution in [3.05, 3.63) is 16.6 Å². The maximum absolute atomic E-state index is 4.55. The molecule has 1 aromatic heterocycles. The van der Waals surface area contributed by atoms with Crippen molar-refractivity contribution in [2.45, 2.75) is 52.5 Å². The fourth-order valence-corrected chi connectivity index (χ4v) is 4.06. The molecule has 3 heteroatoms. The highest BCUT2D eigenvalue weighted by atomic mass is 32.1. The predicted octanol–water partition coefficient (Wildman–Crippen LogP) is 4.26. The molecule has 1 saturated carbocycles. The van der Waals surface area contributed by atoms with Gasteiger partial charge in [-0.25, -0.2) is 4.98 Å². The number of thiazole rings is 1. The molecule has 0 spiro atoms. The fourth-order valence-electron chi connectivity index (χ4n) is 3.47. The Morgan fingerprint density at radius 1 is 1.33 bits per heavy atom. The van der Waals surface area contributed by atoms with Gasteiger partial charge in [0.2, 0.25) is 0 Å². The second-order valence-electron chi connectivity index (χ2n) is 6.02. The average molecular weight is 266 g/mol. The Kier molecular flexibility index (Phi) is 5.19. The summed E-state index contributed by atoms with van der Waals surface area (Å²) in [5, 5.41) is 5.95. The van der Waals surface area contributed by atoms with E-state index in [4.69, 9.17) is 0 Å². The number of hydrogen-bond acceptors (Lipinski definition) is 3. The molecule has 0 aromatic carbocycles. The van der Waals surface area contributed by atoms with Crippen LogP contribution in [-0.4, -0.2) is 11.5 Å². The van der Waals surface area contributed by atoms with Crippen LogP contribution in [0.4, 0.5) is 0 Å². The van der Waals surface area contributed by atoms with Crippen LogP contribution in [0.1, 0.15) is 58.2 Å².